The lowest BCUT2D eigenvalue weighted by molar-refractivity contribution is 0.0922. The van der Waals surface area contributed by atoms with Gasteiger partial charge in [0.15, 0.2) is 17.6 Å². The topological polar surface area (TPSA) is 59.6 Å². The van der Waals surface area contributed by atoms with Gasteiger partial charge in [0.1, 0.15) is 6.61 Å². The second-order valence-electron chi connectivity index (χ2n) is 4.96. The van der Waals surface area contributed by atoms with Crippen molar-refractivity contribution in [1.29, 1.82) is 0 Å². The molecule has 23 heavy (non-hydrogen) atoms. The Balaban J connectivity index is 1.53. The number of amides is 2. The molecule has 2 amide bonds. The Hall–Kier alpha value is -2.11. The number of fused-ring (bicyclic) bond motifs is 1. The number of ether oxygens (including phenoxy) is 2. The second-order valence-corrected chi connectivity index (χ2v) is 5.80. The van der Waals surface area contributed by atoms with Crippen LogP contribution in [0.4, 0.5) is 10.5 Å². The summed E-state index contributed by atoms with van der Waals surface area (Å²) < 4.78 is 11.3. The summed E-state index contributed by atoms with van der Waals surface area (Å²) in [4.78, 5) is 11.9. The Morgan fingerprint density at radius 1 is 1.17 bits per heavy atom. The number of hydrogen-bond acceptors (Lipinski definition) is 3. The number of para-hydroxylation sites is 2. The highest BCUT2D eigenvalue weighted by atomic mass is 35.5. The van der Waals surface area contributed by atoms with Crippen molar-refractivity contribution in [3.8, 4) is 11.5 Å². The Bertz CT molecular complexity index is 724. The Morgan fingerprint density at radius 2 is 1.96 bits per heavy atom. The summed E-state index contributed by atoms with van der Waals surface area (Å²) in [5.41, 5.74) is 0.447. The SMILES string of the molecule is O=C(NCC1COc2ccccc2O1)Nc1cc(Cl)ccc1Cl. The van der Waals surface area contributed by atoms with Crippen molar-refractivity contribution in [3.05, 3.63) is 52.5 Å². The van der Waals surface area contributed by atoms with Gasteiger partial charge in [0.25, 0.3) is 0 Å². The zero-order valence-corrected chi connectivity index (χ0v) is 13.5. The zero-order chi connectivity index (χ0) is 16.2. The fourth-order valence-electron chi connectivity index (χ4n) is 2.13. The molecule has 0 bridgehead atoms. The molecular formula is C16H14Cl2N2O3. The van der Waals surface area contributed by atoms with Gasteiger partial charge < -0.3 is 20.1 Å². The predicted molar refractivity (Wildman–Crippen MR) is 89.8 cm³/mol. The van der Waals surface area contributed by atoms with E-state index in [0.717, 1.165) is 0 Å². The number of benzene rings is 2. The molecule has 1 heterocycles. The van der Waals surface area contributed by atoms with E-state index in [1.807, 2.05) is 24.3 Å². The smallest absolute Gasteiger partial charge is 0.319 e. The summed E-state index contributed by atoms with van der Waals surface area (Å²) in [6.07, 6.45) is -0.259. The van der Waals surface area contributed by atoms with Gasteiger partial charge in [0.2, 0.25) is 0 Å². The highest BCUT2D eigenvalue weighted by molar-refractivity contribution is 6.35. The number of anilines is 1. The Morgan fingerprint density at radius 3 is 2.78 bits per heavy atom. The van der Waals surface area contributed by atoms with Gasteiger partial charge in [-0.3, -0.25) is 0 Å². The van der Waals surface area contributed by atoms with Gasteiger partial charge in [-0.15, -0.1) is 0 Å². The molecule has 0 aliphatic carbocycles. The van der Waals surface area contributed by atoms with E-state index in [4.69, 9.17) is 32.7 Å². The van der Waals surface area contributed by atoms with Crippen molar-refractivity contribution >= 4 is 34.9 Å². The minimum absolute atomic E-state index is 0.259. The van der Waals surface area contributed by atoms with Gasteiger partial charge in [-0.2, -0.15) is 0 Å². The summed E-state index contributed by atoms with van der Waals surface area (Å²) in [6, 6.07) is 11.9. The first-order valence-electron chi connectivity index (χ1n) is 7.00. The number of rotatable bonds is 3. The molecule has 1 atom stereocenters. The van der Waals surface area contributed by atoms with Crippen LogP contribution >= 0.6 is 23.2 Å². The summed E-state index contributed by atoms with van der Waals surface area (Å²) in [5.74, 6) is 1.38. The molecule has 0 radical (unpaired) electrons. The molecule has 1 aliphatic heterocycles. The van der Waals surface area contributed by atoms with Crippen LogP contribution in [0.15, 0.2) is 42.5 Å². The predicted octanol–water partition coefficient (Wildman–Crippen LogP) is 3.95. The van der Waals surface area contributed by atoms with E-state index >= 15 is 0 Å². The van der Waals surface area contributed by atoms with Gasteiger partial charge in [-0.25, -0.2) is 4.79 Å². The monoisotopic (exact) mass is 352 g/mol. The number of halogens is 2. The van der Waals surface area contributed by atoms with E-state index in [2.05, 4.69) is 10.6 Å². The van der Waals surface area contributed by atoms with Crippen LogP contribution in [0, 0.1) is 0 Å². The highest BCUT2D eigenvalue weighted by Crippen LogP contribution is 2.30. The summed E-state index contributed by atoms with van der Waals surface area (Å²) in [7, 11) is 0. The lowest BCUT2D eigenvalue weighted by Gasteiger charge is -2.26. The van der Waals surface area contributed by atoms with E-state index < -0.39 is 6.03 Å². The molecule has 2 N–H and O–H groups in total. The molecule has 0 fully saturated rings. The van der Waals surface area contributed by atoms with Gasteiger partial charge >= 0.3 is 6.03 Å². The Kier molecular flexibility index (Phi) is 4.79. The highest BCUT2D eigenvalue weighted by Gasteiger charge is 2.21. The molecule has 1 unspecified atom stereocenters. The molecular weight excluding hydrogens is 339 g/mol. The molecule has 3 rings (SSSR count). The third-order valence-electron chi connectivity index (χ3n) is 3.23. The van der Waals surface area contributed by atoms with Crippen LogP contribution in [0.5, 0.6) is 11.5 Å². The average molecular weight is 353 g/mol. The van der Waals surface area contributed by atoms with Crippen LogP contribution in [0.3, 0.4) is 0 Å². The summed E-state index contributed by atoms with van der Waals surface area (Å²) >= 11 is 11.9. The van der Waals surface area contributed by atoms with Crippen LogP contribution in [0.2, 0.25) is 10.0 Å². The molecule has 2 aromatic rings. The van der Waals surface area contributed by atoms with Crippen molar-refractivity contribution in [3.63, 3.8) is 0 Å². The van der Waals surface area contributed by atoms with Crippen LogP contribution < -0.4 is 20.1 Å². The molecule has 0 aromatic heterocycles. The van der Waals surface area contributed by atoms with E-state index in [0.29, 0.717) is 40.4 Å². The summed E-state index contributed by atoms with van der Waals surface area (Å²) in [5, 5.41) is 6.27. The third-order valence-corrected chi connectivity index (χ3v) is 3.80. The quantitative estimate of drug-likeness (QED) is 0.878. The molecule has 2 aromatic carbocycles. The molecule has 0 saturated carbocycles. The number of hydrogen-bond donors (Lipinski definition) is 2. The average Bonchev–Trinajstić information content (AvgIpc) is 2.56. The molecule has 5 nitrogen and oxygen atoms in total. The van der Waals surface area contributed by atoms with Crippen LogP contribution in [0.25, 0.3) is 0 Å². The van der Waals surface area contributed by atoms with Crippen LogP contribution in [-0.4, -0.2) is 25.3 Å². The zero-order valence-electron chi connectivity index (χ0n) is 12.0. The van der Waals surface area contributed by atoms with Gasteiger partial charge in [0, 0.05) is 5.02 Å². The van der Waals surface area contributed by atoms with Crippen molar-refractivity contribution in [2.75, 3.05) is 18.5 Å². The maximum absolute atomic E-state index is 11.9. The second kappa shape index (κ2) is 6.98. The first-order valence-corrected chi connectivity index (χ1v) is 7.76. The van der Waals surface area contributed by atoms with Crippen molar-refractivity contribution < 1.29 is 14.3 Å². The van der Waals surface area contributed by atoms with Crippen molar-refractivity contribution in [2.24, 2.45) is 0 Å². The van der Waals surface area contributed by atoms with Crippen LogP contribution in [0.1, 0.15) is 0 Å². The summed E-state index contributed by atoms with van der Waals surface area (Å²) in [6.45, 7) is 0.674. The largest absolute Gasteiger partial charge is 0.486 e. The molecule has 7 heteroatoms. The van der Waals surface area contributed by atoms with E-state index in [-0.39, 0.29) is 6.10 Å². The van der Waals surface area contributed by atoms with Crippen LogP contribution in [-0.2, 0) is 0 Å². The first kappa shape index (κ1) is 15.8. The van der Waals surface area contributed by atoms with Crippen molar-refractivity contribution in [1.82, 2.24) is 5.32 Å². The van der Waals surface area contributed by atoms with Crippen molar-refractivity contribution in [2.45, 2.75) is 6.10 Å². The maximum Gasteiger partial charge on any atom is 0.319 e. The number of nitrogens with one attached hydrogen (secondary N) is 2. The molecule has 0 saturated heterocycles. The number of carbonyl (C=O) groups excluding carboxylic acids is 1. The molecule has 120 valence electrons. The van der Waals surface area contributed by atoms with E-state index in [1.54, 1.807) is 18.2 Å². The van der Waals surface area contributed by atoms with Gasteiger partial charge in [0.05, 0.1) is 17.3 Å². The van der Waals surface area contributed by atoms with Gasteiger partial charge in [-0.05, 0) is 30.3 Å². The maximum atomic E-state index is 11.9. The normalized spacial score (nSPS) is 15.8. The van der Waals surface area contributed by atoms with Gasteiger partial charge in [-0.1, -0.05) is 35.3 Å². The minimum Gasteiger partial charge on any atom is -0.486 e. The third kappa shape index (κ3) is 4.00. The molecule has 1 aliphatic rings. The minimum atomic E-state index is -0.392. The number of urea groups is 1. The number of carbonyl (C=O) groups is 1. The lowest BCUT2D eigenvalue weighted by Crippen LogP contribution is -2.42. The molecule has 0 spiro atoms. The van der Waals surface area contributed by atoms with E-state index in [9.17, 15) is 4.79 Å². The first-order chi connectivity index (χ1) is 11.1. The Labute approximate surface area is 143 Å². The fourth-order valence-corrected chi connectivity index (χ4v) is 2.47. The fraction of sp³-hybridized carbons (Fsp3) is 0.188. The lowest BCUT2D eigenvalue weighted by atomic mass is 10.2. The standard InChI is InChI=1S/C16H14Cl2N2O3/c17-10-5-6-12(18)13(7-10)20-16(21)19-8-11-9-22-14-3-1-2-4-15(14)23-11/h1-7,11H,8-9H2,(H2,19,20,21). The van der Waals surface area contributed by atoms with E-state index in [1.165, 1.54) is 0 Å².